The van der Waals surface area contributed by atoms with Gasteiger partial charge in [-0.15, -0.1) is 0 Å². The van der Waals surface area contributed by atoms with Gasteiger partial charge in [0.1, 0.15) is 4.90 Å². The van der Waals surface area contributed by atoms with E-state index in [1.54, 1.807) is 32.4 Å². The molecule has 0 bridgehead atoms. The summed E-state index contributed by atoms with van der Waals surface area (Å²) in [5.74, 6) is 0. The maximum Gasteiger partial charge on any atom is 0.244 e. The highest BCUT2D eigenvalue weighted by molar-refractivity contribution is 7.89. The van der Waals surface area contributed by atoms with Gasteiger partial charge >= 0.3 is 0 Å². The van der Waals surface area contributed by atoms with Crippen LogP contribution in [-0.4, -0.2) is 40.0 Å². The molecule has 102 valence electrons. The van der Waals surface area contributed by atoms with E-state index in [9.17, 15) is 8.42 Å². The van der Waals surface area contributed by atoms with Crippen molar-refractivity contribution < 1.29 is 13.2 Å². The zero-order chi connectivity index (χ0) is 13.8. The van der Waals surface area contributed by atoms with Gasteiger partial charge < -0.3 is 4.74 Å². The second-order valence-electron chi connectivity index (χ2n) is 4.11. The quantitative estimate of drug-likeness (QED) is 0.756. The Morgan fingerprint density at radius 1 is 1.39 bits per heavy atom. The minimum atomic E-state index is -3.52. The number of hydrogen-bond acceptors (Lipinski definition) is 3. The third kappa shape index (κ3) is 3.68. The van der Waals surface area contributed by atoms with Gasteiger partial charge in [0.15, 0.2) is 0 Å². The molecule has 0 aliphatic carbocycles. The van der Waals surface area contributed by atoms with E-state index >= 15 is 0 Å². The van der Waals surface area contributed by atoms with Gasteiger partial charge in [0, 0.05) is 27.3 Å². The minimum Gasteiger partial charge on any atom is -0.385 e. The van der Waals surface area contributed by atoms with Crippen LogP contribution in [0.5, 0.6) is 0 Å². The highest BCUT2D eigenvalue weighted by Gasteiger charge is 2.22. The van der Waals surface area contributed by atoms with Crippen molar-refractivity contribution in [1.29, 1.82) is 0 Å². The first kappa shape index (κ1) is 15.4. The fraction of sp³-hybridized carbons (Fsp3) is 0.500. The van der Waals surface area contributed by atoms with Gasteiger partial charge in [-0.05, 0) is 31.0 Å². The number of ether oxygens (including phenoxy) is 1. The summed E-state index contributed by atoms with van der Waals surface area (Å²) in [5.41, 5.74) is 0.931. The van der Waals surface area contributed by atoms with Crippen LogP contribution < -0.4 is 0 Å². The van der Waals surface area contributed by atoms with Crippen LogP contribution in [0.3, 0.4) is 0 Å². The standard InChI is InChI=1S/C12H18ClNO3S/c1-10-5-6-12(11(13)9-10)18(15,16)14(2)7-4-8-17-3/h5-6,9H,4,7-8H2,1-3H3. The molecular formula is C12H18ClNO3S. The molecule has 0 radical (unpaired) electrons. The molecule has 0 spiro atoms. The predicted octanol–water partition coefficient (Wildman–Crippen LogP) is 2.31. The highest BCUT2D eigenvalue weighted by Crippen LogP contribution is 2.24. The van der Waals surface area contributed by atoms with E-state index in [1.165, 1.54) is 4.31 Å². The lowest BCUT2D eigenvalue weighted by Crippen LogP contribution is -2.28. The predicted molar refractivity (Wildman–Crippen MR) is 72.5 cm³/mol. The van der Waals surface area contributed by atoms with E-state index < -0.39 is 10.0 Å². The van der Waals surface area contributed by atoms with Crippen LogP contribution in [0, 0.1) is 6.92 Å². The van der Waals surface area contributed by atoms with Gasteiger partial charge in [0.2, 0.25) is 10.0 Å². The molecule has 0 heterocycles. The molecule has 0 N–H and O–H groups in total. The monoisotopic (exact) mass is 291 g/mol. The number of benzene rings is 1. The molecule has 0 fully saturated rings. The van der Waals surface area contributed by atoms with Crippen LogP contribution in [0.25, 0.3) is 0 Å². The molecule has 0 atom stereocenters. The minimum absolute atomic E-state index is 0.148. The van der Waals surface area contributed by atoms with Crippen molar-refractivity contribution in [3.63, 3.8) is 0 Å². The molecule has 1 rings (SSSR count). The average Bonchev–Trinajstić information content (AvgIpc) is 2.28. The van der Waals surface area contributed by atoms with E-state index in [0.717, 1.165) is 5.56 Å². The number of methoxy groups -OCH3 is 1. The molecule has 0 aromatic heterocycles. The lowest BCUT2D eigenvalue weighted by atomic mass is 10.2. The third-order valence-electron chi connectivity index (χ3n) is 2.60. The molecule has 6 heteroatoms. The first-order valence-electron chi connectivity index (χ1n) is 5.61. The lowest BCUT2D eigenvalue weighted by Gasteiger charge is -2.17. The Labute approximate surface area is 114 Å². The van der Waals surface area contributed by atoms with E-state index in [4.69, 9.17) is 16.3 Å². The summed E-state index contributed by atoms with van der Waals surface area (Å²) in [7, 11) is -0.390. The van der Waals surface area contributed by atoms with Crippen LogP contribution in [0.15, 0.2) is 23.1 Å². The average molecular weight is 292 g/mol. The van der Waals surface area contributed by atoms with E-state index in [-0.39, 0.29) is 9.92 Å². The fourth-order valence-electron chi connectivity index (χ4n) is 1.53. The molecule has 0 saturated carbocycles. The SMILES string of the molecule is COCCCN(C)S(=O)(=O)c1ccc(C)cc1Cl. The number of hydrogen-bond donors (Lipinski definition) is 0. The molecule has 1 aromatic rings. The molecule has 18 heavy (non-hydrogen) atoms. The Kier molecular flexibility index (Phi) is 5.59. The normalized spacial score (nSPS) is 12.1. The number of aryl methyl sites for hydroxylation is 1. The summed E-state index contributed by atoms with van der Waals surface area (Å²) in [5, 5.41) is 0.258. The summed E-state index contributed by atoms with van der Waals surface area (Å²) >= 11 is 5.99. The van der Waals surface area contributed by atoms with E-state index in [2.05, 4.69) is 0 Å². The number of sulfonamides is 1. The molecule has 0 aliphatic rings. The Hall–Kier alpha value is -0.620. The van der Waals surface area contributed by atoms with Gasteiger partial charge in [-0.3, -0.25) is 0 Å². The second kappa shape index (κ2) is 6.52. The van der Waals surface area contributed by atoms with Gasteiger partial charge in [0.25, 0.3) is 0 Å². The highest BCUT2D eigenvalue weighted by atomic mass is 35.5. The van der Waals surface area contributed by atoms with Gasteiger partial charge in [0.05, 0.1) is 5.02 Å². The zero-order valence-corrected chi connectivity index (χ0v) is 12.4. The Morgan fingerprint density at radius 2 is 2.06 bits per heavy atom. The van der Waals surface area contributed by atoms with Crippen molar-refractivity contribution in [3.05, 3.63) is 28.8 Å². The van der Waals surface area contributed by atoms with Crippen LogP contribution in [0.2, 0.25) is 5.02 Å². The molecule has 0 amide bonds. The Bertz CT molecular complexity index is 502. The van der Waals surface area contributed by atoms with Gasteiger partial charge in [-0.25, -0.2) is 12.7 Å². The van der Waals surface area contributed by atoms with Crippen LogP contribution >= 0.6 is 11.6 Å². The first-order valence-corrected chi connectivity index (χ1v) is 7.43. The first-order chi connectivity index (χ1) is 8.39. The Balaban J connectivity index is 2.91. The molecular weight excluding hydrogens is 274 g/mol. The van der Waals surface area contributed by atoms with E-state index in [0.29, 0.717) is 19.6 Å². The van der Waals surface area contributed by atoms with E-state index in [1.807, 2.05) is 6.92 Å². The summed E-state index contributed by atoms with van der Waals surface area (Å²) in [6.45, 7) is 2.80. The van der Waals surface area contributed by atoms with Crippen molar-refractivity contribution in [2.75, 3.05) is 27.3 Å². The molecule has 4 nitrogen and oxygen atoms in total. The topological polar surface area (TPSA) is 46.6 Å². The van der Waals surface area contributed by atoms with Crippen molar-refractivity contribution in [2.24, 2.45) is 0 Å². The fourth-order valence-corrected chi connectivity index (χ4v) is 3.31. The van der Waals surface area contributed by atoms with Crippen molar-refractivity contribution >= 4 is 21.6 Å². The van der Waals surface area contributed by atoms with Crippen molar-refractivity contribution in [1.82, 2.24) is 4.31 Å². The summed E-state index contributed by atoms with van der Waals surface area (Å²) < 4.78 is 30.7. The van der Waals surface area contributed by atoms with Crippen LogP contribution in [-0.2, 0) is 14.8 Å². The number of nitrogens with zero attached hydrogens (tertiary/aromatic N) is 1. The van der Waals surface area contributed by atoms with Gasteiger partial charge in [-0.2, -0.15) is 0 Å². The smallest absolute Gasteiger partial charge is 0.244 e. The third-order valence-corrected chi connectivity index (χ3v) is 4.94. The summed E-state index contributed by atoms with van der Waals surface area (Å²) in [4.78, 5) is 0.148. The van der Waals surface area contributed by atoms with Crippen LogP contribution in [0.4, 0.5) is 0 Å². The number of halogens is 1. The Morgan fingerprint density at radius 3 is 2.61 bits per heavy atom. The van der Waals surface area contributed by atoms with Crippen LogP contribution in [0.1, 0.15) is 12.0 Å². The summed E-state index contributed by atoms with van der Waals surface area (Å²) in [6.07, 6.45) is 0.649. The molecule has 1 aromatic carbocycles. The lowest BCUT2D eigenvalue weighted by molar-refractivity contribution is 0.189. The molecule has 0 unspecified atom stereocenters. The van der Waals surface area contributed by atoms with Crippen molar-refractivity contribution in [3.8, 4) is 0 Å². The van der Waals surface area contributed by atoms with Gasteiger partial charge in [-0.1, -0.05) is 17.7 Å². The second-order valence-corrected chi connectivity index (χ2v) is 6.53. The maximum atomic E-state index is 12.3. The summed E-state index contributed by atoms with van der Waals surface area (Å²) in [6, 6.07) is 4.93. The van der Waals surface area contributed by atoms with Crippen molar-refractivity contribution in [2.45, 2.75) is 18.2 Å². The zero-order valence-electron chi connectivity index (χ0n) is 10.8. The molecule has 0 aliphatic heterocycles. The molecule has 0 saturated heterocycles. The number of rotatable bonds is 6. The maximum absolute atomic E-state index is 12.3. The largest absolute Gasteiger partial charge is 0.385 e.